The first kappa shape index (κ1) is 27.5. The normalized spacial score (nSPS) is 11.3. The van der Waals surface area contributed by atoms with E-state index in [1.54, 1.807) is 43.5 Å². The van der Waals surface area contributed by atoms with Crippen molar-refractivity contribution in [3.05, 3.63) is 107 Å². The molecule has 0 unspecified atom stereocenters. The van der Waals surface area contributed by atoms with Crippen molar-refractivity contribution in [2.75, 3.05) is 10.0 Å². The lowest BCUT2D eigenvalue weighted by atomic mass is 10.1. The monoisotopic (exact) mass is 563 g/mol. The fraction of sp³-hybridized carbons (Fsp3) is 0.0370. The van der Waals surface area contributed by atoms with E-state index in [9.17, 15) is 18.0 Å². The van der Waals surface area contributed by atoms with Gasteiger partial charge in [0.2, 0.25) is 0 Å². The maximum absolute atomic E-state index is 13.0. The average Bonchev–Trinajstić information content (AvgIpc) is 2.93. The highest BCUT2D eigenvalue weighted by Crippen LogP contribution is 2.29. The van der Waals surface area contributed by atoms with Gasteiger partial charge in [0.15, 0.2) is 0 Å². The molecular weight excluding hydrogens is 542 g/mol. The SMILES string of the molecule is Cc1nc(NS(=O)(=O)c2cccc(/C=C/C(=O)NO)c2)ccc1C(=O)Nc1ccc(Cl)c(-c2ccccn2)c1. The summed E-state index contributed by atoms with van der Waals surface area (Å²) in [6.45, 7) is 1.59. The summed E-state index contributed by atoms with van der Waals surface area (Å²) >= 11 is 6.32. The van der Waals surface area contributed by atoms with Crippen LogP contribution in [0.2, 0.25) is 5.02 Å². The fourth-order valence-corrected chi connectivity index (χ4v) is 4.84. The average molecular weight is 564 g/mol. The van der Waals surface area contributed by atoms with Gasteiger partial charge in [-0.1, -0.05) is 29.8 Å². The number of aryl methyl sites for hydroxylation is 1. The van der Waals surface area contributed by atoms with Gasteiger partial charge >= 0.3 is 0 Å². The highest BCUT2D eigenvalue weighted by Gasteiger charge is 2.18. The van der Waals surface area contributed by atoms with Crippen LogP contribution in [0, 0.1) is 6.92 Å². The van der Waals surface area contributed by atoms with Crippen LogP contribution in [0.1, 0.15) is 21.6 Å². The van der Waals surface area contributed by atoms with Crippen molar-refractivity contribution in [2.45, 2.75) is 11.8 Å². The van der Waals surface area contributed by atoms with Crippen LogP contribution in [0.15, 0.2) is 90.0 Å². The van der Waals surface area contributed by atoms with Gasteiger partial charge in [-0.3, -0.25) is 24.5 Å². The molecule has 198 valence electrons. The molecule has 10 nitrogen and oxygen atoms in total. The van der Waals surface area contributed by atoms with Crippen molar-refractivity contribution < 1.29 is 23.2 Å². The van der Waals surface area contributed by atoms with Crippen LogP contribution in [0.3, 0.4) is 0 Å². The first-order valence-electron chi connectivity index (χ1n) is 11.4. The fourth-order valence-electron chi connectivity index (χ4n) is 3.57. The number of nitrogens with one attached hydrogen (secondary N) is 3. The van der Waals surface area contributed by atoms with Crippen molar-refractivity contribution in [3.8, 4) is 11.3 Å². The summed E-state index contributed by atoms with van der Waals surface area (Å²) in [5, 5.41) is 11.9. The first-order chi connectivity index (χ1) is 18.7. The number of halogens is 1. The standard InChI is InChI=1S/C27H22ClN5O5S/c1-17-21(27(35)31-19-9-11-23(28)22(16-19)24-7-2-3-14-29-24)10-12-25(30-17)33-39(37,38)20-6-4-5-18(15-20)8-13-26(34)32-36/h2-16,36H,1H3,(H,30,33)(H,31,35)(H,32,34)/b13-8+. The van der Waals surface area contributed by atoms with E-state index in [2.05, 4.69) is 20.0 Å². The Balaban J connectivity index is 1.50. The minimum atomic E-state index is -4.03. The van der Waals surface area contributed by atoms with Gasteiger partial charge in [-0.25, -0.2) is 18.9 Å². The Labute approximate surface area is 229 Å². The van der Waals surface area contributed by atoms with Gasteiger partial charge in [0, 0.05) is 23.5 Å². The molecule has 2 aromatic heterocycles. The lowest BCUT2D eigenvalue weighted by Crippen LogP contribution is -2.17. The van der Waals surface area contributed by atoms with E-state index in [0.717, 1.165) is 6.08 Å². The third-order valence-corrected chi connectivity index (χ3v) is 7.12. The number of hydrogen-bond acceptors (Lipinski definition) is 7. The van der Waals surface area contributed by atoms with Gasteiger partial charge in [-0.05, 0) is 73.2 Å². The zero-order chi connectivity index (χ0) is 28.0. The molecule has 39 heavy (non-hydrogen) atoms. The summed E-state index contributed by atoms with van der Waals surface area (Å²) in [6.07, 6.45) is 4.05. The summed E-state index contributed by atoms with van der Waals surface area (Å²) in [5.41, 5.74) is 4.25. The number of nitrogens with zero attached hydrogens (tertiary/aromatic N) is 2. The molecule has 12 heteroatoms. The molecule has 2 amide bonds. The molecule has 0 aliphatic rings. The van der Waals surface area contributed by atoms with E-state index in [-0.39, 0.29) is 16.3 Å². The summed E-state index contributed by atoms with van der Waals surface area (Å²) in [6, 6.07) is 19.2. The Morgan fingerprint density at radius 3 is 2.54 bits per heavy atom. The van der Waals surface area contributed by atoms with Crippen molar-refractivity contribution in [3.63, 3.8) is 0 Å². The molecule has 0 aliphatic carbocycles. The molecule has 0 bridgehead atoms. The van der Waals surface area contributed by atoms with Gasteiger partial charge in [-0.2, -0.15) is 0 Å². The van der Waals surface area contributed by atoms with E-state index in [4.69, 9.17) is 16.8 Å². The highest BCUT2D eigenvalue weighted by molar-refractivity contribution is 7.92. The molecule has 4 N–H and O–H groups in total. The van der Waals surface area contributed by atoms with Crippen molar-refractivity contribution in [2.24, 2.45) is 0 Å². The summed E-state index contributed by atoms with van der Waals surface area (Å²) in [7, 11) is -4.03. The van der Waals surface area contributed by atoms with Crippen LogP contribution in [-0.2, 0) is 14.8 Å². The number of amides is 2. The van der Waals surface area contributed by atoms with Crippen LogP contribution in [0.4, 0.5) is 11.5 Å². The molecule has 0 radical (unpaired) electrons. The van der Waals surface area contributed by atoms with Crippen LogP contribution < -0.4 is 15.5 Å². The molecule has 0 spiro atoms. The predicted octanol–water partition coefficient (Wildman–Crippen LogP) is 4.68. The maximum Gasteiger partial charge on any atom is 0.267 e. The smallest absolute Gasteiger partial charge is 0.267 e. The predicted molar refractivity (Wildman–Crippen MR) is 148 cm³/mol. The van der Waals surface area contributed by atoms with Gasteiger partial charge in [0.1, 0.15) is 5.82 Å². The Morgan fingerprint density at radius 1 is 1.00 bits per heavy atom. The van der Waals surface area contributed by atoms with E-state index in [1.165, 1.54) is 41.9 Å². The number of hydrogen-bond donors (Lipinski definition) is 4. The summed E-state index contributed by atoms with van der Waals surface area (Å²) in [5.74, 6) is -1.17. The van der Waals surface area contributed by atoms with E-state index in [1.807, 2.05) is 12.1 Å². The molecule has 0 saturated heterocycles. The maximum atomic E-state index is 13.0. The van der Waals surface area contributed by atoms with Crippen LogP contribution >= 0.6 is 11.6 Å². The number of aromatic nitrogens is 2. The van der Waals surface area contributed by atoms with Gasteiger partial charge < -0.3 is 5.32 Å². The molecule has 0 saturated carbocycles. The Morgan fingerprint density at radius 2 is 1.82 bits per heavy atom. The number of carbonyl (C=O) groups is 2. The lowest BCUT2D eigenvalue weighted by molar-refractivity contribution is -0.124. The quantitative estimate of drug-likeness (QED) is 0.138. The van der Waals surface area contributed by atoms with E-state index in [0.29, 0.717) is 33.2 Å². The Hall–Kier alpha value is -4.58. The number of hydroxylamine groups is 1. The number of rotatable bonds is 8. The minimum absolute atomic E-state index is 0.0218. The third kappa shape index (κ3) is 6.85. The van der Waals surface area contributed by atoms with E-state index >= 15 is 0 Å². The van der Waals surface area contributed by atoms with Crippen LogP contribution in [0.5, 0.6) is 0 Å². The molecule has 0 fully saturated rings. The number of sulfonamides is 1. The van der Waals surface area contributed by atoms with Crippen molar-refractivity contribution in [1.29, 1.82) is 0 Å². The van der Waals surface area contributed by atoms with Gasteiger partial charge in [0.25, 0.3) is 21.8 Å². The van der Waals surface area contributed by atoms with Crippen LogP contribution in [0.25, 0.3) is 17.3 Å². The third-order valence-electron chi connectivity index (χ3n) is 5.44. The second-order valence-corrected chi connectivity index (χ2v) is 10.3. The molecular formula is C27H22ClN5O5S. The lowest BCUT2D eigenvalue weighted by Gasteiger charge is -2.12. The van der Waals surface area contributed by atoms with Gasteiger partial charge in [0.05, 0.1) is 26.9 Å². The number of pyridine rings is 2. The van der Waals surface area contributed by atoms with Crippen molar-refractivity contribution >= 4 is 51.0 Å². The molecule has 2 aromatic carbocycles. The second-order valence-electron chi connectivity index (χ2n) is 8.18. The minimum Gasteiger partial charge on any atom is -0.322 e. The van der Waals surface area contributed by atoms with E-state index < -0.39 is 21.8 Å². The molecule has 4 aromatic rings. The zero-order valence-electron chi connectivity index (χ0n) is 20.4. The Kier molecular flexibility index (Phi) is 8.35. The second kappa shape index (κ2) is 11.9. The van der Waals surface area contributed by atoms with Crippen LogP contribution in [-0.4, -0.2) is 35.4 Å². The Bertz CT molecular complexity index is 1680. The zero-order valence-corrected chi connectivity index (χ0v) is 22.0. The highest BCUT2D eigenvalue weighted by atomic mass is 35.5. The number of carbonyl (C=O) groups excluding carboxylic acids is 2. The molecule has 0 aliphatic heterocycles. The molecule has 0 atom stereocenters. The van der Waals surface area contributed by atoms with Gasteiger partial charge in [-0.15, -0.1) is 0 Å². The molecule has 2 heterocycles. The number of benzene rings is 2. The summed E-state index contributed by atoms with van der Waals surface area (Å²) < 4.78 is 28.2. The van der Waals surface area contributed by atoms with Crippen molar-refractivity contribution in [1.82, 2.24) is 15.4 Å². The topological polar surface area (TPSA) is 150 Å². The first-order valence-corrected chi connectivity index (χ1v) is 13.3. The summed E-state index contributed by atoms with van der Waals surface area (Å²) in [4.78, 5) is 32.6. The molecule has 4 rings (SSSR count). The largest absolute Gasteiger partial charge is 0.322 e. The number of anilines is 2.